The molecule has 0 saturated heterocycles. The number of aliphatic imine (C=N–C) groups is 1. The van der Waals surface area contributed by atoms with Crippen LogP contribution in [0.3, 0.4) is 0 Å². The number of amidine groups is 1. The van der Waals surface area contributed by atoms with Crippen molar-refractivity contribution in [1.29, 1.82) is 0 Å². The van der Waals surface area contributed by atoms with Crippen molar-refractivity contribution in [2.45, 2.75) is 20.0 Å². The molecule has 0 unspecified atom stereocenters. The molecule has 4 rings (SSSR count). The molecule has 5 heteroatoms. The molecule has 2 aromatic carbocycles. The highest BCUT2D eigenvalue weighted by molar-refractivity contribution is 6.00. The fourth-order valence-electron chi connectivity index (χ4n) is 3.40. The minimum atomic E-state index is -0.408. The van der Waals surface area contributed by atoms with Gasteiger partial charge < -0.3 is 9.64 Å². The van der Waals surface area contributed by atoms with Crippen molar-refractivity contribution in [2.24, 2.45) is 4.99 Å². The summed E-state index contributed by atoms with van der Waals surface area (Å²) in [5, 5.41) is 0. The fraction of sp³-hybridized carbons (Fsp3) is 0.174. The highest BCUT2D eigenvalue weighted by atomic mass is 16.5. The summed E-state index contributed by atoms with van der Waals surface area (Å²) in [7, 11) is 0. The Bertz CT molecular complexity index is 968. The highest BCUT2D eigenvalue weighted by Crippen LogP contribution is 2.32. The van der Waals surface area contributed by atoms with Gasteiger partial charge in [-0.2, -0.15) is 4.99 Å². The van der Waals surface area contributed by atoms with E-state index in [0.717, 1.165) is 0 Å². The maximum atomic E-state index is 12.6. The molecule has 0 saturated carbocycles. The maximum absolute atomic E-state index is 12.6. The summed E-state index contributed by atoms with van der Waals surface area (Å²) in [5.41, 5.74) is 5.05. The summed E-state index contributed by atoms with van der Waals surface area (Å²) in [4.78, 5) is 23.0. The van der Waals surface area contributed by atoms with Crippen molar-refractivity contribution in [1.82, 2.24) is 9.88 Å². The van der Waals surface area contributed by atoms with E-state index >= 15 is 0 Å². The zero-order valence-electron chi connectivity index (χ0n) is 15.7. The van der Waals surface area contributed by atoms with E-state index in [-0.39, 0.29) is 0 Å². The summed E-state index contributed by atoms with van der Waals surface area (Å²) in [6.45, 7) is 3.53. The molecule has 3 aromatic rings. The van der Waals surface area contributed by atoms with Gasteiger partial charge in [0.1, 0.15) is 5.69 Å². The summed E-state index contributed by atoms with van der Waals surface area (Å²) >= 11 is 0. The van der Waals surface area contributed by atoms with Crippen molar-refractivity contribution in [2.75, 3.05) is 6.61 Å². The van der Waals surface area contributed by atoms with E-state index in [1.54, 1.807) is 24.4 Å². The first-order valence-corrected chi connectivity index (χ1v) is 9.34. The lowest BCUT2D eigenvalue weighted by Crippen LogP contribution is -2.32. The van der Waals surface area contributed by atoms with E-state index in [9.17, 15) is 4.79 Å². The predicted molar refractivity (Wildman–Crippen MR) is 109 cm³/mol. The Morgan fingerprint density at radius 2 is 1.57 bits per heavy atom. The van der Waals surface area contributed by atoms with Crippen LogP contribution in [0.2, 0.25) is 0 Å². The average molecular weight is 371 g/mol. The number of carbonyl (C=O) groups excluding carboxylic acids is 1. The van der Waals surface area contributed by atoms with Crippen LogP contribution in [0.25, 0.3) is 11.1 Å². The number of hydrogen-bond acceptors (Lipinski definition) is 3. The lowest BCUT2D eigenvalue weighted by molar-refractivity contribution is 0.0988. The van der Waals surface area contributed by atoms with E-state index in [4.69, 9.17) is 4.74 Å². The number of ether oxygens (including phenoxy) is 1. The van der Waals surface area contributed by atoms with Gasteiger partial charge >= 0.3 is 0 Å². The quantitative estimate of drug-likeness (QED) is 0.498. The second-order valence-corrected chi connectivity index (χ2v) is 6.52. The van der Waals surface area contributed by atoms with Crippen molar-refractivity contribution >= 4 is 11.9 Å². The molecule has 1 aromatic heterocycles. The molecule has 0 N–H and O–H groups in total. The molecule has 1 aliphatic heterocycles. The molecule has 140 valence electrons. The smallest absolute Gasteiger partial charge is 0.300 e. The molecule has 0 aliphatic carbocycles. The number of benzene rings is 2. The van der Waals surface area contributed by atoms with E-state index in [1.165, 1.54) is 22.3 Å². The largest absolute Gasteiger partial charge is 0.465 e. The van der Waals surface area contributed by atoms with Gasteiger partial charge in [-0.1, -0.05) is 54.6 Å². The molecule has 0 atom stereocenters. The van der Waals surface area contributed by atoms with Crippen LogP contribution in [0.1, 0.15) is 28.5 Å². The Balaban J connectivity index is 1.74. The third kappa shape index (κ3) is 3.64. The SMILES string of the molecule is CCO/C(=N\C(=O)c1ccccn1)N1Cc2ccccc2-c2ccccc2C1. The summed E-state index contributed by atoms with van der Waals surface area (Å²) in [5.74, 6) is -0.408. The van der Waals surface area contributed by atoms with Crippen LogP contribution >= 0.6 is 0 Å². The van der Waals surface area contributed by atoms with Crippen molar-refractivity contribution < 1.29 is 9.53 Å². The zero-order chi connectivity index (χ0) is 19.3. The zero-order valence-corrected chi connectivity index (χ0v) is 15.7. The number of fused-ring (bicyclic) bond motifs is 3. The van der Waals surface area contributed by atoms with Gasteiger partial charge in [-0.05, 0) is 41.3 Å². The second kappa shape index (κ2) is 8.05. The van der Waals surface area contributed by atoms with Gasteiger partial charge in [-0.25, -0.2) is 0 Å². The van der Waals surface area contributed by atoms with Crippen LogP contribution in [-0.2, 0) is 17.8 Å². The number of aromatic nitrogens is 1. The number of rotatable bonds is 2. The van der Waals surface area contributed by atoms with Gasteiger partial charge in [0.2, 0.25) is 0 Å². The number of carbonyl (C=O) groups is 1. The molecule has 28 heavy (non-hydrogen) atoms. The number of amides is 1. The lowest BCUT2D eigenvalue weighted by atomic mass is 9.97. The van der Waals surface area contributed by atoms with Gasteiger partial charge in [0.05, 0.1) is 6.61 Å². The van der Waals surface area contributed by atoms with Crippen LogP contribution in [-0.4, -0.2) is 28.4 Å². The molecule has 2 heterocycles. The fourth-order valence-corrected chi connectivity index (χ4v) is 3.40. The molecule has 1 aliphatic rings. The number of pyridine rings is 1. The highest BCUT2D eigenvalue weighted by Gasteiger charge is 2.23. The molecule has 1 amide bonds. The van der Waals surface area contributed by atoms with E-state index in [0.29, 0.717) is 31.4 Å². The molecular weight excluding hydrogens is 350 g/mol. The first-order chi connectivity index (χ1) is 13.8. The van der Waals surface area contributed by atoms with Crippen molar-refractivity contribution in [3.05, 3.63) is 89.7 Å². The average Bonchev–Trinajstić information content (AvgIpc) is 2.91. The topological polar surface area (TPSA) is 54.8 Å². The second-order valence-electron chi connectivity index (χ2n) is 6.52. The molecule has 5 nitrogen and oxygen atoms in total. The first-order valence-electron chi connectivity index (χ1n) is 9.34. The van der Waals surface area contributed by atoms with Crippen molar-refractivity contribution in [3.8, 4) is 11.1 Å². The van der Waals surface area contributed by atoms with E-state index in [1.807, 2.05) is 36.1 Å². The number of nitrogens with zero attached hydrogens (tertiary/aromatic N) is 3. The summed E-state index contributed by atoms with van der Waals surface area (Å²) in [6, 6.07) is 22.2. The van der Waals surface area contributed by atoms with E-state index < -0.39 is 5.91 Å². The number of hydrogen-bond donors (Lipinski definition) is 0. The Morgan fingerprint density at radius 1 is 0.964 bits per heavy atom. The normalized spacial score (nSPS) is 13.3. The third-order valence-corrected chi connectivity index (χ3v) is 4.67. The van der Waals surface area contributed by atoms with Gasteiger partial charge in [-0.15, -0.1) is 0 Å². The summed E-state index contributed by atoms with van der Waals surface area (Å²) < 4.78 is 5.79. The van der Waals surface area contributed by atoms with Gasteiger partial charge in [0.25, 0.3) is 11.9 Å². The monoisotopic (exact) mass is 371 g/mol. The molecule has 0 radical (unpaired) electrons. The Morgan fingerprint density at radius 3 is 2.14 bits per heavy atom. The molecule has 0 fully saturated rings. The van der Waals surface area contributed by atoms with Crippen LogP contribution in [0.15, 0.2) is 77.9 Å². The first kappa shape index (κ1) is 17.9. The van der Waals surface area contributed by atoms with Gasteiger partial charge in [0.15, 0.2) is 0 Å². The molecular formula is C23H21N3O2. The van der Waals surface area contributed by atoms with Crippen LogP contribution in [0.4, 0.5) is 0 Å². The Hall–Kier alpha value is -3.47. The Labute approximate surface area is 164 Å². The molecule has 0 spiro atoms. The van der Waals surface area contributed by atoms with Crippen LogP contribution < -0.4 is 0 Å². The van der Waals surface area contributed by atoms with Gasteiger partial charge in [-0.3, -0.25) is 9.78 Å². The Kier molecular flexibility index (Phi) is 5.15. The minimum Gasteiger partial charge on any atom is -0.465 e. The van der Waals surface area contributed by atoms with Crippen LogP contribution in [0.5, 0.6) is 0 Å². The third-order valence-electron chi connectivity index (χ3n) is 4.67. The van der Waals surface area contributed by atoms with E-state index in [2.05, 4.69) is 34.2 Å². The predicted octanol–water partition coefficient (Wildman–Crippen LogP) is 4.30. The summed E-state index contributed by atoms with van der Waals surface area (Å²) in [6.07, 6.45) is 1.58. The standard InChI is InChI=1S/C23H21N3O2/c1-2-28-23(25-22(27)21-13-7-8-14-24-21)26-15-17-9-3-5-11-19(17)20-12-6-4-10-18(20)16-26/h3-14H,2,15-16H2,1H3/b25-23-. The van der Waals surface area contributed by atoms with Gasteiger partial charge in [0, 0.05) is 19.3 Å². The van der Waals surface area contributed by atoms with Crippen LogP contribution in [0, 0.1) is 0 Å². The minimum absolute atomic E-state index is 0.301. The maximum Gasteiger partial charge on any atom is 0.300 e. The molecule has 0 bridgehead atoms. The lowest BCUT2D eigenvalue weighted by Gasteiger charge is -2.24. The van der Waals surface area contributed by atoms with Crippen molar-refractivity contribution in [3.63, 3.8) is 0 Å².